The maximum Gasteiger partial charge on any atom is 0.254 e. The van der Waals surface area contributed by atoms with E-state index in [0.29, 0.717) is 17.2 Å². The molecule has 0 fully saturated rings. The van der Waals surface area contributed by atoms with E-state index in [-0.39, 0.29) is 0 Å². The zero-order chi connectivity index (χ0) is 13.8. The van der Waals surface area contributed by atoms with E-state index < -0.39 is 5.91 Å². The van der Waals surface area contributed by atoms with Crippen LogP contribution < -0.4 is 10.8 Å². The van der Waals surface area contributed by atoms with Gasteiger partial charge in [0.15, 0.2) is 0 Å². The third-order valence-corrected chi connectivity index (χ3v) is 2.53. The summed E-state index contributed by atoms with van der Waals surface area (Å²) in [4.78, 5) is 24.7. The van der Waals surface area contributed by atoms with Gasteiger partial charge in [-0.25, -0.2) is 9.97 Å². The highest BCUT2D eigenvalue weighted by atomic mass is 16.7. The van der Waals surface area contributed by atoms with Crippen molar-refractivity contribution in [1.29, 1.82) is 0 Å². The van der Waals surface area contributed by atoms with Gasteiger partial charge in [0, 0.05) is 17.5 Å². The second-order valence-electron chi connectivity index (χ2n) is 3.89. The smallest absolute Gasteiger partial charge is 0.254 e. The lowest BCUT2D eigenvalue weighted by Crippen LogP contribution is -2.18. The molecular formula is C13H14N4O2. The number of nitrogens with two attached hydrogens (primary N) is 1. The third kappa shape index (κ3) is 2.86. The van der Waals surface area contributed by atoms with Crippen LogP contribution in [0.3, 0.4) is 0 Å². The van der Waals surface area contributed by atoms with Gasteiger partial charge in [0.05, 0.1) is 12.8 Å². The first-order valence-electron chi connectivity index (χ1n) is 5.65. The molecule has 0 unspecified atom stereocenters. The predicted molar refractivity (Wildman–Crippen MR) is 70.9 cm³/mol. The molecule has 6 heteroatoms. The average Bonchev–Trinajstić information content (AvgIpc) is 2.40. The number of primary amides is 1. The summed E-state index contributed by atoms with van der Waals surface area (Å²) in [5, 5.41) is 1.47. The summed E-state index contributed by atoms with van der Waals surface area (Å²) in [6.07, 6.45) is 1.65. The Bertz CT molecular complexity index is 583. The van der Waals surface area contributed by atoms with Crippen molar-refractivity contribution in [1.82, 2.24) is 9.97 Å². The fourth-order valence-corrected chi connectivity index (χ4v) is 1.60. The number of nitrogens with zero attached hydrogens (tertiary/aromatic N) is 3. The molecule has 19 heavy (non-hydrogen) atoms. The lowest BCUT2D eigenvalue weighted by molar-refractivity contribution is 0.100. The van der Waals surface area contributed by atoms with Crippen LogP contribution in [-0.2, 0) is 4.84 Å². The summed E-state index contributed by atoms with van der Waals surface area (Å²) in [5.41, 5.74) is 7.17. The molecule has 2 aromatic rings. The number of aryl methyl sites for hydroxylation is 1. The monoisotopic (exact) mass is 258 g/mol. The van der Waals surface area contributed by atoms with E-state index in [0.717, 1.165) is 5.69 Å². The highest BCUT2D eigenvalue weighted by molar-refractivity contribution is 5.93. The number of carbonyl (C=O) groups is 1. The number of rotatable bonds is 4. The number of aromatic nitrogens is 2. The van der Waals surface area contributed by atoms with Gasteiger partial charge in [0.1, 0.15) is 0 Å². The van der Waals surface area contributed by atoms with Gasteiger partial charge in [-0.15, -0.1) is 0 Å². The summed E-state index contributed by atoms with van der Waals surface area (Å²) in [6.45, 7) is 1.87. The summed E-state index contributed by atoms with van der Waals surface area (Å²) in [6, 6.07) is 8.48. The van der Waals surface area contributed by atoms with E-state index >= 15 is 0 Å². The first kappa shape index (κ1) is 13.0. The molecule has 0 saturated carbocycles. The maximum atomic E-state index is 11.0. The zero-order valence-electron chi connectivity index (χ0n) is 10.7. The van der Waals surface area contributed by atoms with Crippen LogP contribution in [0, 0.1) is 6.92 Å². The summed E-state index contributed by atoms with van der Waals surface area (Å²) in [5.74, 6) is -0.0448. The molecule has 0 spiro atoms. The Hall–Kier alpha value is -2.47. The number of carbonyl (C=O) groups excluding carboxylic acids is 1. The van der Waals surface area contributed by atoms with Crippen LogP contribution in [0.2, 0.25) is 0 Å². The molecular weight excluding hydrogens is 244 g/mol. The molecule has 0 radical (unpaired) electrons. The van der Waals surface area contributed by atoms with Crippen molar-refractivity contribution in [2.24, 2.45) is 5.73 Å². The quantitative estimate of drug-likeness (QED) is 0.842. The molecule has 2 rings (SSSR count). The van der Waals surface area contributed by atoms with Crippen molar-refractivity contribution in [3.05, 3.63) is 47.8 Å². The Kier molecular flexibility index (Phi) is 3.72. The van der Waals surface area contributed by atoms with Gasteiger partial charge in [0.2, 0.25) is 5.91 Å². The van der Waals surface area contributed by atoms with Crippen LogP contribution >= 0.6 is 0 Å². The predicted octanol–water partition coefficient (Wildman–Crippen LogP) is 1.58. The van der Waals surface area contributed by atoms with Crippen LogP contribution in [0.5, 0.6) is 0 Å². The molecule has 6 nitrogen and oxygen atoms in total. The van der Waals surface area contributed by atoms with Crippen molar-refractivity contribution in [3.8, 4) is 0 Å². The van der Waals surface area contributed by atoms with Crippen molar-refractivity contribution in [3.63, 3.8) is 0 Å². The van der Waals surface area contributed by atoms with Gasteiger partial charge in [-0.3, -0.25) is 9.63 Å². The molecule has 98 valence electrons. The Labute approximate surface area is 110 Å². The zero-order valence-corrected chi connectivity index (χ0v) is 10.7. The summed E-state index contributed by atoms with van der Waals surface area (Å²) >= 11 is 0. The lowest BCUT2D eigenvalue weighted by Gasteiger charge is -2.19. The highest BCUT2D eigenvalue weighted by Gasteiger charge is 2.12. The largest absolute Gasteiger partial charge is 0.366 e. The van der Waals surface area contributed by atoms with Crippen LogP contribution in [-0.4, -0.2) is 23.0 Å². The standard InChI is InChI=1S/C13H14N4O2/c1-9-7-8-15-13(16-9)17(19-2)11-5-3-10(4-6-11)12(14)18/h3-8H,1-2H3,(H2,14,18). The fraction of sp³-hybridized carbons (Fsp3) is 0.154. The molecule has 2 N–H and O–H groups in total. The Balaban J connectivity index is 2.34. The fourth-order valence-electron chi connectivity index (χ4n) is 1.60. The topological polar surface area (TPSA) is 81.3 Å². The van der Waals surface area contributed by atoms with E-state index in [1.165, 1.54) is 12.2 Å². The second kappa shape index (κ2) is 5.45. The lowest BCUT2D eigenvalue weighted by atomic mass is 10.2. The minimum Gasteiger partial charge on any atom is -0.366 e. The number of amides is 1. The van der Waals surface area contributed by atoms with Crippen molar-refractivity contribution >= 4 is 17.5 Å². The van der Waals surface area contributed by atoms with E-state index in [2.05, 4.69) is 9.97 Å². The van der Waals surface area contributed by atoms with E-state index in [1.54, 1.807) is 36.5 Å². The number of hydrogen-bond acceptors (Lipinski definition) is 5. The maximum absolute atomic E-state index is 11.0. The molecule has 1 aromatic carbocycles. The molecule has 0 aliphatic carbocycles. The van der Waals surface area contributed by atoms with Gasteiger partial charge in [-0.1, -0.05) is 0 Å². The van der Waals surface area contributed by atoms with Crippen molar-refractivity contribution in [2.75, 3.05) is 12.2 Å². The van der Waals surface area contributed by atoms with Gasteiger partial charge in [0.25, 0.3) is 5.95 Å². The van der Waals surface area contributed by atoms with Crippen LogP contribution in [0.15, 0.2) is 36.5 Å². The Morgan fingerprint density at radius 1 is 1.26 bits per heavy atom. The normalized spacial score (nSPS) is 10.2. The van der Waals surface area contributed by atoms with Gasteiger partial charge in [-0.05, 0) is 37.3 Å². The molecule has 0 aliphatic rings. The Morgan fingerprint density at radius 3 is 2.47 bits per heavy atom. The number of hydrogen-bond donors (Lipinski definition) is 1. The van der Waals surface area contributed by atoms with Crippen LogP contribution in [0.4, 0.5) is 11.6 Å². The van der Waals surface area contributed by atoms with Crippen molar-refractivity contribution in [2.45, 2.75) is 6.92 Å². The van der Waals surface area contributed by atoms with Gasteiger partial charge >= 0.3 is 0 Å². The first-order valence-corrected chi connectivity index (χ1v) is 5.65. The first-order chi connectivity index (χ1) is 9.11. The molecule has 0 bridgehead atoms. The third-order valence-electron chi connectivity index (χ3n) is 2.53. The minimum absolute atomic E-state index is 0.425. The highest BCUT2D eigenvalue weighted by Crippen LogP contribution is 2.22. The molecule has 1 heterocycles. The average molecular weight is 258 g/mol. The SMILES string of the molecule is CON(c1ccc(C(N)=O)cc1)c1nccc(C)n1. The van der Waals surface area contributed by atoms with E-state index in [1.807, 2.05) is 6.92 Å². The van der Waals surface area contributed by atoms with E-state index in [4.69, 9.17) is 10.6 Å². The molecule has 0 saturated heterocycles. The van der Waals surface area contributed by atoms with Crippen LogP contribution in [0.1, 0.15) is 16.1 Å². The van der Waals surface area contributed by atoms with Crippen molar-refractivity contribution < 1.29 is 9.63 Å². The van der Waals surface area contributed by atoms with Crippen LogP contribution in [0.25, 0.3) is 0 Å². The van der Waals surface area contributed by atoms with Gasteiger partial charge in [-0.2, -0.15) is 5.06 Å². The number of anilines is 2. The second-order valence-corrected chi connectivity index (χ2v) is 3.89. The molecule has 1 aromatic heterocycles. The summed E-state index contributed by atoms with van der Waals surface area (Å²) < 4.78 is 0. The minimum atomic E-state index is -0.470. The Morgan fingerprint density at radius 2 is 1.95 bits per heavy atom. The molecule has 1 amide bonds. The van der Waals surface area contributed by atoms with Gasteiger partial charge < -0.3 is 5.73 Å². The van der Waals surface area contributed by atoms with E-state index in [9.17, 15) is 4.79 Å². The molecule has 0 atom stereocenters. The molecule has 0 aliphatic heterocycles. The number of benzene rings is 1. The summed E-state index contributed by atoms with van der Waals surface area (Å²) in [7, 11) is 1.52.